The SMILES string of the molecule is O=C(NC(Cc1cc(C(F)(F)F)cs1)C(=O)O)OCc1ccccc1. The Morgan fingerprint density at radius 2 is 1.92 bits per heavy atom. The van der Waals surface area contributed by atoms with Crippen LogP contribution in [0.4, 0.5) is 18.0 Å². The molecular formula is C16H14F3NO4S. The minimum absolute atomic E-state index is 0.0454. The zero-order chi connectivity index (χ0) is 18.4. The highest BCUT2D eigenvalue weighted by Crippen LogP contribution is 2.32. The summed E-state index contributed by atoms with van der Waals surface area (Å²) in [5.41, 5.74) is -0.124. The van der Waals surface area contributed by atoms with Crippen molar-refractivity contribution in [3.8, 4) is 0 Å². The number of aliphatic carboxylic acids is 1. The van der Waals surface area contributed by atoms with E-state index in [0.717, 1.165) is 28.3 Å². The van der Waals surface area contributed by atoms with Gasteiger partial charge in [0.05, 0.1) is 5.56 Å². The van der Waals surface area contributed by atoms with Gasteiger partial charge in [0.15, 0.2) is 0 Å². The molecule has 1 aromatic heterocycles. The van der Waals surface area contributed by atoms with E-state index < -0.39 is 29.8 Å². The summed E-state index contributed by atoms with van der Waals surface area (Å²) in [7, 11) is 0. The van der Waals surface area contributed by atoms with E-state index in [2.05, 4.69) is 5.32 Å². The lowest BCUT2D eigenvalue weighted by Gasteiger charge is -2.14. The highest BCUT2D eigenvalue weighted by atomic mass is 32.1. The van der Waals surface area contributed by atoms with Crippen molar-refractivity contribution >= 4 is 23.4 Å². The maximum atomic E-state index is 12.6. The molecule has 1 atom stereocenters. The minimum Gasteiger partial charge on any atom is -0.480 e. The Balaban J connectivity index is 1.93. The number of alkyl carbamates (subject to hydrolysis) is 1. The van der Waals surface area contributed by atoms with Crippen LogP contribution in [0.15, 0.2) is 41.8 Å². The van der Waals surface area contributed by atoms with Gasteiger partial charge in [0.2, 0.25) is 0 Å². The molecule has 134 valence electrons. The molecule has 2 N–H and O–H groups in total. The van der Waals surface area contributed by atoms with E-state index >= 15 is 0 Å². The van der Waals surface area contributed by atoms with E-state index in [-0.39, 0.29) is 17.9 Å². The van der Waals surface area contributed by atoms with Crippen molar-refractivity contribution in [1.82, 2.24) is 5.32 Å². The molecule has 0 saturated heterocycles. The summed E-state index contributed by atoms with van der Waals surface area (Å²) in [6.45, 7) is -0.0454. The van der Waals surface area contributed by atoms with Crippen molar-refractivity contribution in [2.45, 2.75) is 25.2 Å². The molecule has 0 bridgehead atoms. The molecule has 0 aliphatic heterocycles. The first-order chi connectivity index (χ1) is 11.8. The molecule has 0 aliphatic rings. The number of rotatable bonds is 6. The van der Waals surface area contributed by atoms with Gasteiger partial charge < -0.3 is 15.2 Å². The quantitative estimate of drug-likeness (QED) is 0.810. The molecule has 25 heavy (non-hydrogen) atoms. The number of carbonyl (C=O) groups is 2. The van der Waals surface area contributed by atoms with Crippen molar-refractivity contribution in [2.24, 2.45) is 0 Å². The topological polar surface area (TPSA) is 75.6 Å². The lowest BCUT2D eigenvalue weighted by molar-refractivity contribution is -0.139. The number of hydrogen-bond acceptors (Lipinski definition) is 4. The summed E-state index contributed by atoms with van der Waals surface area (Å²) in [6, 6.07) is 8.25. The molecule has 0 saturated carbocycles. The zero-order valence-corrected chi connectivity index (χ0v) is 13.6. The summed E-state index contributed by atoms with van der Waals surface area (Å²) in [6.07, 6.45) is -5.71. The average molecular weight is 373 g/mol. The first-order valence-electron chi connectivity index (χ1n) is 7.10. The number of ether oxygens (including phenoxy) is 1. The molecule has 1 unspecified atom stereocenters. The van der Waals surface area contributed by atoms with Gasteiger partial charge in [-0.3, -0.25) is 0 Å². The third-order valence-corrected chi connectivity index (χ3v) is 4.15. The fraction of sp³-hybridized carbons (Fsp3) is 0.250. The molecule has 5 nitrogen and oxygen atoms in total. The maximum Gasteiger partial charge on any atom is 0.417 e. The molecule has 0 aliphatic carbocycles. The highest BCUT2D eigenvalue weighted by Gasteiger charge is 2.32. The molecule has 0 spiro atoms. The molecule has 1 aromatic carbocycles. The number of hydrogen-bond donors (Lipinski definition) is 2. The van der Waals surface area contributed by atoms with Gasteiger partial charge in [0.25, 0.3) is 0 Å². The molecule has 0 fully saturated rings. The number of alkyl halides is 3. The molecule has 9 heteroatoms. The standard InChI is InChI=1S/C16H14F3NO4S/c17-16(18,19)11-6-12(25-9-11)7-13(14(21)22)20-15(23)24-8-10-4-2-1-3-5-10/h1-6,9,13H,7-8H2,(H,20,23)(H,21,22). The number of thiophene rings is 1. The van der Waals surface area contributed by atoms with Crippen LogP contribution in [0.25, 0.3) is 0 Å². The number of carboxylic acid groups (broad SMARTS) is 1. The van der Waals surface area contributed by atoms with Crippen molar-refractivity contribution in [2.75, 3.05) is 0 Å². The monoisotopic (exact) mass is 373 g/mol. The Morgan fingerprint density at radius 1 is 1.24 bits per heavy atom. The second kappa shape index (κ2) is 8.02. The van der Waals surface area contributed by atoms with E-state index in [9.17, 15) is 22.8 Å². The van der Waals surface area contributed by atoms with E-state index in [1.807, 2.05) is 0 Å². The summed E-state index contributed by atoms with van der Waals surface area (Å²) < 4.78 is 42.6. The summed E-state index contributed by atoms with van der Waals surface area (Å²) >= 11 is 0.784. The van der Waals surface area contributed by atoms with Crippen LogP contribution < -0.4 is 5.32 Å². The molecule has 1 amide bonds. The van der Waals surface area contributed by atoms with E-state index in [1.54, 1.807) is 30.3 Å². The van der Waals surface area contributed by atoms with Crippen LogP contribution in [0.3, 0.4) is 0 Å². The summed E-state index contributed by atoms with van der Waals surface area (Å²) in [5, 5.41) is 12.2. The highest BCUT2D eigenvalue weighted by molar-refractivity contribution is 7.10. The van der Waals surface area contributed by atoms with Gasteiger partial charge in [-0.2, -0.15) is 13.2 Å². The van der Waals surface area contributed by atoms with Gasteiger partial charge in [-0.15, -0.1) is 11.3 Å². The van der Waals surface area contributed by atoms with E-state index in [4.69, 9.17) is 9.84 Å². The van der Waals surface area contributed by atoms with Crippen molar-refractivity contribution in [3.05, 3.63) is 57.8 Å². The van der Waals surface area contributed by atoms with Crippen LogP contribution in [0, 0.1) is 0 Å². The predicted molar refractivity (Wildman–Crippen MR) is 84.2 cm³/mol. The Bertz CT molecular complexity index is 730. The minimum atomic E-state index is -4.49. The number of halogens is 3. The second-order valence-corrected chi connectivity index (χ2v) is 6.10. The second-order valence-electron chi connectivity index (χ2n) is 5.10. The van der Waals surface area contributed by atoms with Gasteiger partial charge in [-0.1, -0.05) is 30.3 Å². The molecule has 2 rings (SSSR count). The third kappa shape index (κ3) is 5.79. The summed E-state index contributed by atoms with van der Waals surface area (Å²) in [5.74, 6) is -1.36. The largest absolute Gasteiger partial charge is 0.480 e. The van der Waals surface area contributed by atoms with Crippen LogP contribution >= 0.6 is 11.3 Å². The summed E-state index contributed by atoms with van der Waals surface area (Å²) in [4.78, 5) is 23.1. The van der Waals surface area contributed by atoms with Crippen molar-refractivity contribution in [1.29, 1.82) is 0 Å². The zero-order valence-electron chi connectivity index (χ0n) is 12.7. The molecule has 0 radical (unpaired) electrons. The van der Waals surface area contributed by atoms with E-state index in [0.29, 0.717) is 0 Å². The predicted octanol–water partition coefficient (Wildman–Crippen LogP) is 3.69. The van der Waals surface area contributed by atoms with Crippen LogP contribution in [0.2, 0.25) is 0 Å². The molecule has 1 heterocycles. The van der Waals surface area contributed by atoms with E-state index in [1.165, 1.54) is 0 Å². The van der Waals surface area contributed by atoms with Gasteiger partial charge in [-0.05, 0) is 11.6 Å². The van der Waals surface area contributed by atoms with Gasteiger partial charge >= 0.3 is 18.2 Å². The van der Waals surface area contributed by atoms with Gasteiger partial charge in [0, 0.05) is 16.7 Å². The first kappa shape index (κ1) is 18.8. The fourth-order valence-electron chi connectivity index (χ4n) is 1.94. The maximum absolute atomic E-state index is 12.6. The third-order valence-electron chi connectivity index (χ3n) is 3.19. The number of amides is 1. The van der Waals surface area contributed by atoms with Crippen LogP contribution in [-0.2, 0) is 28.7 Å². The van der Waals surface area contributed by atoms with Crippen LogP contribution in [0.1, 0.15) is 16.0 Å². The van der Waals surface area contributed by atoms with Crippen LogP contribution in [0.5, 0.6) is 0 Å². The molecular weight excluding hydrogens is 359 g/mol. The average Bonchev–Trinajstić information content (AvgIpc) is 3.02. The van der Waals surface area contributed by atoms with Gasteiger partial charge in [0.1, 0.15) is 12.6 Å². The number of carbonyl (C=O) groups excluding carboxylic acids is 1. The Labute approximate surface area is 145 Å². The Morgan fingerprint density at radius 3 is 2.48 bits per heavy atom. The number of nitrogens with one attached hydrogen (secondary N) is 1. The normalized spacial score (nSPS) is 12.4. The van der Waals surface area contributed by atoms with Crippen LogP contribution in [-0.4, -0.2) is 23.2 Å². The number of carboxylic acids is 1. The van der Waals surface area contributed by atoms with Crippen molar-refractivity contribution < 1.29 is 32.6 Å². The number of benzene rings is 1. The Hall–Kier alpha value is -2.55. The lowest BCUT2D eigenvalue weighted by atomic mass is 10.1. The Kier molecular flexibility index (Phi) is 6.02. The smallest absolute Gasteiger partial charge is 0.417 e. The fourth-order valence-corrected chi connectivity index (χ4v) is 2.88. The first-order valence-corrected chi connectivity index (χ1v) is 7.98. The van der Waals surface area contributed by atoms with Crippen molar-refractivity contribution in [3.63, 3.8) is 0 Å². The van der Waals surface area contributed by atoms with Gasteiger partial charge in [-0.25, -0.2) is 9.59 Å². The molecule has 2 aromatic rings. The lowest BCUT2D eigenvalue weighted by Crippen LogP contribution is -2.42.